The highest BCUT2D eigenvalue weighted by molar-refractivity contribution is 8.24. The lowest BCUT2D eigenvalue weighted by molar-refractivity contribution is -0.117. The summed E-state index contributed by atoms with van der Waals surface area (Å²) in [6.45, 7) is 0. The number of carbonyl (C=O) groups is 1. The zero-order valence-corrected chi connectivity index (χ0v) is 10.9. The summed E-state index contributed by atoms with van der Waals surface area (Å²) in [5.41, 5.74) is 0.962. The minimum Gasteiger partial charge on any atom is -0.448 e. The van der Waals surface area contributed by atoms with E-state index in [0.29, 0.717) is 10.2 Å². The molecule has 90 valence electrons. The lowest BCUT2D eigenvalue weighted by Crippen LogP contribution is -2.28. The van der Waals surface area contributed by atoms with Crippen molar-refractivity contribution < 1.29 is 9.21 Å². The van der Waals surface area contributed by atoms with Crippen LogP contribution in [0.1, 0.15) is 10.8 Å². The maximum absolute atomic E-state index is 12.4. The molecule has 0 saturated carbocycles. The molecule has 5 heteroatoms. The Kier molecular flexibility index (Phi) is 2.93. The van der Waals surface area contributed by atoms with E-state index in [0.717, 1.165) is 5.56 Å². The van der Waals surface area contributed by atoms with E-state index in [4.69, 9.17) is 16.6 Å². The van der Waals surface area contributed by atoms with E-state index >= 15 is 0 Å². The molecule has 1 atom stereocenters. The van der Waals surface area contributed by atoms with E-state index in [9.17, 15) is 4.79 Å². The van der Waals surface area contributed by atoms with Crippen LogP contribution in [-0.2, 0) is 4.79 Å². The number of thiocarbonyl (C=S) groups is 1. The molecule has 2 aromatic rings. The van der Waals surface area contributed by atoms with E-state index in [1.165, 1.54) is 22.9 Å². The predicted molar refractivity (Wildman–Crippen MR) is 75.6 cm³/mol. The van der Waals surface area contributed by atoms with Gasteiger partial charge in [0.25, 0.3) is 5.91 Å². The highest BCUT2D eigenvalue weighted by Crippen LogP contribution is 2.41. The van der Waals surface area contributed by atoms with Crippen molar-refractivity contribution in [1.82, 2.24) is 0 Å². The van der Waals surface area contributed by atoms with Crippen molar-refractivity contribution in [2.24, 2.45) is 0 Å². The summed E-state index contributed by atoms with van der Waals surface area (Å²) in [7, 11) is 0. The first-order chi connectivity index (χ1) is 8.77. The summed E-state index contributed by atoms with van der Waals surface area (Å²) < 4.78 is 5.78. The lowest BCUT2D eigenvalue weighted by atomic mass is 10.1. The van der Waals surface area contributed by atoms with Crippen LogP contribution >= 0.6 is 24.0 Å². The maximum atomic E-state index is 12.4. The number of hydrogen-bond donors (Lipinski definition) is 0. The Morgan fingerprint density at radius 1 is 1.17 bits per heavy atom. The summed E-state index contributed by atoms with van der Waals surface area (Å²) in [6.07, 6.45) is 1.53. The second kappa shape index (κ2) is 4.59. The van der Waals surface area contributed by atoms with Crippen LogP contribution in [0.15, 0.2) is 53.1 Å². The van der Waals surface area contributed by atoms with Gasteiger partial charge in [-0.1, -0.05) is 54.3 Å². The van der Waals surface area contributed by atoms with Gasteiger partial charge in [-0.2, -0.15) is 0 Å². The molecule has 1 aliphatic heterocycles. The van der Waals surface area contributed by atoms with Crippen molar-refractivity contribution in [2.45, 2.75) is 5.25 Å². The summed E-state index contributed by atoms with van der Waals surface area (Å²) in [4.78, 5) is 13.8. The Labute approximate surface area is 114 Å². The minimum atomic E-state index is -0.274. The fourth-order valence-corrected chi connectivity index (χ4v) is 3.30. The highest BCUT2D eigenvalue weighted by Gasteiger charge is 2.39. The molecular formula is C13H9NO2S2. The maximum Gasteiger partial charge on any atom is 0.253 e. The Morgan fingerprint density at radius 3 is 2.61 bits per heavy atom. The molecule has 1 aliphatic rings. The topological polar surface area (TPSA) is 33.5 Å². The van der Waals surface area contributed by atoms with Crippen molar-refractivity contribution in [2.75, 3.05) is 4.90 Å². The first-order valence-corrected chi connectivity index (χ1v) is 6.69. The Hall–Kier alpha value is -1.59. The molecule has 0 radical (unpaired) electrons. The molecule has 0 aliphatic carbocycles. The van der Waals surface area contributed by atoms with Crippen LogP contribution in [0.5, 0.6) is 0 Å². The first kappa shape index (κ1) is 11.5. The van der Waals surface area contributed by atoms with Crippen LogP contribution < -0.4 is 4.90 Å². The van der Waals surface area contributed by atoms with Crippen molar-refractivity contribution in [3.8, 4) is 0 Å². The largest absolute Gasteiger partial charge is 0.448 e. The van der Waals surface area contributed by atoms with Crippen LogP contribution in [0.3, 0.4) is 0 Å². The van der Waals surface area contributed by atoms with Gasteiger partial charge in [0.1, 0.15) is 5.25 Å². The molecule has 1 aromatic carbocycles. The zero-order valence-electron chi connectivity index (χ0n) is 9.28. The standard InChI is InChI=1S/C13H9NO2S2/c15-12-11(9-5-2-1-3-6-9)18-13(17)14(12)10-7-4-8-16-10/h1-8,11H. The SMILES string of the molecule is O=C1C(c2ccccc2)SC(=S)N1c1ccco1. The van der Waals surface area contributed by atoms with Crippen LogP contribution in [0.4, 0.5) is 5.88 Å². The second-order valence-electron chi connectivity index (χ2n) is 3.80. The van der Waals surface area contributed by atoms with Crippen LogP contribution in [0, 0.1) is 0 Å². The van der Waals surface area contributed by atoms with Gasteiger partial charge in [-0.15, -0.1) is 0 Å². The Morgan fingerprint density at radius 2 is 1.94 bits per heavy atom. The highest BCUT2D eigenvalue weighted by atomic mass is 32.2. The number of benzene rings is 1. The van der Waals surface area contributed by atoms with Gasteiger partial charge in [-0.25, -0.2) is 4.90 Å². The molecule has 0 spiro atoms. The van der Waals surface area contributed by atoms with Crippen molar-refractivity contribution in [1.29, 1.82) is 0 Å². The fraction of sp³-hybridized carbons (Fsp3) is 0.0769. The molecule has 1 aromatic heterocycles. The molecule has 1 fully saturated rings. The second-order valence-corrected chi connectivity index (χ2v) is 5.54. The van der Waals surface area contributed by atoms with Crippen molar-refractivity contribution in [3.63, 3.8) is 0 Å². The third-order valence-electron chi connectivity index (χ3n) is 2.67. The molecule has 3 nitrogen and oxygen atoms in total. The summed E-state index contributed by atoms with van der Waals surface area (Å²) >= 11 is 6.63. The van der Waals surface area contributed by atoms with Gasteiger partial charge in [0, 0.05) is 6.07 Å². The molecule has 1 saturated heterocycles. The average Bonchev–Trinajstić information content (AvgIpc) is 2.99. The quantitative estimate of drug-likeness (QED) is 0.787. The van der Waals surface area contributed by atoms with E-state index in [1.54, 1.807) is 12.1 Å². The number of furan rings is 1. The van der Waals surface area contributed by atoms with Gasteiger partial charge < -0.3 is 4.42 Å². The normalized spacial score (nSPS) is 19.6. The van der Waals surface area contributed by atoms with Gasteiger partial charge >= 0.3 is 0 Å². The minimum absolute atomic E-state index is 0.0499. The van der Waals surface area contributed by atoms with Gasteiger partial charge in [-0.3, -0.25) is 4.79 Å². The van der Waals surface area contributed by atoms with Crippen LogP contribution in [0.2, 0.25) is 0 Å². The van der Waals surface area contributed by atoms with E-state index in [1.807, 2.05) is 30.3 Å². The van der Waals surface area contributed by atoms with Crippen molar-refractivity contribution in [3.05, 3.63) is 54.3 Å². The number of rotatable bonds is 2. The number of carbonyl (C=O) groups excluding carboxylic acids is 1. The average molecular weight is 275 g/mol. The van der Waals surface area contributed by atoms with Gasteiger partial charge in [0.2, 0.25) is 5.88 Å². The fourth-order valence-electron chi connectivity index (χ4n) is 1.85. The molecular weight excluding hydrogens is 266 g/mol. The summed E-state index contributed by atoms with van der Waals surface area (Å²) in [5.74, 6) is 0.432. The van der Waals surface area contributed by atoms with Crippen molar-refractivity contribution >= 4 is 40.1 Å². The summed E-state index contributed by atoms with van der Waals surface area (Å²) in [6, 6.07) is 13.1. The Balaban J connectivity index is 1.94. The van der Waals surface area contributed by atoms with Crippen LogP contribution in [-0.4, -0.2) is 10.2 Å². The smallest absolute Gasteiger partial charge is 0.253 e. The molecule has 2 heterocycles. The molecule has 0 bridgehead atoms. The van der Waals surface area contributed by atoms with E-state index < -0.39 is 0 Å². The zero-order chi connectivity index (χ0) is 12.5. The summed E-state index contributed by atoms with van der Waals surface area (Å²) in [5, 5.41) is -0.274. The van der Waals surface area contributed by atoms with Crippen LogP contribution in [0.25, 0.3) is 0 Å². The molecule has 0 N–H and O–H groups in total. The lowest BCUT2D eigenvalue weighted by Gasteiger charge is -2.11. The van der Waals surface area contributed by atoms with Gasteiger partial charge in [0.15, 0.2) is 4.32 Å². The third kappa shape index (κ3) is 1.85. The molecule has 18 heavy (non-hydrogen) atoms. The van der Waals surface area contributed by atoms with E-state index in [-0.39, 0.29) is 11.2 Å². The predicted octanol–water partition coefficient (Wildman–Crippen LogP) is 3.39. The monoisotopic (exact) mass is 275 g/mol. The number of hydrogen-bond acceptors (Lipinski definition) is 4. The third-order valence-corrected chi connectivity index (χ3v) is 4.24. The first-order valence-electron chi connectivity index (χ1n) is 5.40. The number of anilines is 1. The molecule has 3 rings (SSSR count). The van der Waals surface area contributed by atoms with Gasteiger partial charge in [-0.05, 0) is 11.6 Å². The number of nitrogens with zero attached hydrogens (tertiary/aromatic N) is 1. The van der Waals surface area contributed by atoms with E-state index in [2.05, 4.69) is 0 Å². The molecule has 1 amide bonds. The number of amides is 1. The number of thioether (sulfide) groups is 1. The van der Waals surface area contributed by atoms with Gasteiger partial charge in [0.05, 0.1) is 6.26 Å². The molecule has 1 unspecified atom stereocenters. The Bertz CT molecular complexity index is 580.